The molecule has 16 heavy (non-hydrogen) atoms. The topological polar surface area (TPSA) is 32.3 Å². The lowest BCUT2D eigenvalue weighted by Crippen LogP contribution is -2.39. The first-order valence-corrected chi connectivity index (χ1v) is 6.37. The lowest BCUT2D eigenvalue weighted by atomic mass is 10.1. The monoisotopic (exact) mass is 280 g/mol. The standard InChI is InChI=1S/C12H13BrN2O/c13-10-3-1-2-8-6-11(16)15(12(8)10)9-4-5-14-7-9/h1-3,9,14H,4-7H2. The maximum atomic E-state index is 12.0. The number of nitrogens with one attached hydrogen (secondary N) is 1. The van der Waals surface area contributed by atoms with Crippen molar-refractivity contribution in [3.63, 3.8) is 0 Å². The van der Waals surface area contributed by atoms with Crippen molar-refractivity contribution in [1.29, 1.82) is 0 Å². The second-order valence-corrected chi connectivity index (χ2v) is 5.19. The van der Waals surface area contributed by atoms with Crippen LogP contribution < -0.4 is 10.2 Å². The molecular weight excluding hydrogens is 268 g/mol. The molecule has 0 bridgehead atoms. The van der Waals surface area contributed by atoms with E-state index in [-0.39, 0.29) is 5.91 Å². The van der Waals surface area contributed by atoms with Gasteiger partial charge in [-0.15, -0.1) is 0 Å². The van der Waals surface area contributed by atoms with E-state index in [2.05, 4.69) is 21.2 Å². The Morgan fingerprint density at radius 1 is 1.44 bits per heavy atom. The molecule has 1 saturated heterocycles. The Kier molecular flexibility index (Phi) is 2.48. The maximum absolute atomic E-state index is 12.0. The molecule has 1 amide bonds. The fraction of sp³-hybridized carbons (Fsp3) is 0.417. The van der Waals surface area contributed by atoms with E-state index in [0.29, 0.717) is 12.5 Å². The Hall–Kier alpha value is -0.870. The summed E-state index contributed by atoms with van der Waals surface area (Å²) in [5.74, 6) is 0.232. The fourth-order valence-corrected chi connectivity index (χ4v) is 3.19. The van der Waals surface area contributed by atoms with Crippen LogP contribution in [0.4, 0.5) is 5.69 Å². The molecule has 2 heterocycles. The molecule has 1 fully saturated rings. The molecule has 0 saturated carbocycles. The van der Waals surface area contributed by atoms with E-state index in [1.54, 1.807) is 0 Å². The highest BCUT2D eigenvalue weighted by Gasteiger charge is 2.35. The number of carbonyl (C=O) groups excluding carboxylic acids is 1. The Morgan fingerprint density at radius 3 is 3.06 bits per heavy atom. The van der Waals surface area contributed by atoms with Crippen molar-refractivity contribution >= 4 is 27.5 Å². The summed E-state index contributed by atoms with van der Waals surface area (Å²) in [5, 5.41) is 3.31. The molecule has 1 unspecified atom stereocenters. The van der Waals surface area contributed by atoms with Gasteiger partial charge >= 0.3 is 0 Å². The van der Waals surface area contributed by atoms with Gasteiger partial charge in [-0.3, -0.25) is 4.79 Å². The third kappa shape index (κ3) is 1.48. The first kappa shape index (κ1) is 10.3. The van der Waals surface area contributed by atoms with Gasteiger partial charge < -0.3 is 10.2 Å². The maximum Gasteiger partial charge on any atom is 0.231 e. The van der Waals surface area contributed by atoms with Gasteiger partial charge in [0.1, 0.15) is 0 Å². The van der Waals surface area contributed by atoms with Crippen LogP contribution in [0.3, 0.4) is 0 Å². The number of hydrogen-bond donors (Lipinski definition) is 1. The van der Waals surface area contributed by atoms with Gasteiger partial charge in [0.25, 0.3) is 0 Å². The van der Waals surface area contributed by atoms with Crippen LogP contribution in [0.5, 0.6) is 0 Å². The molecule has 2 aliphatic heterocycles. The number of fused-ring (bicyclic) bond motifs is 1. The first-order valence-electron chi connectivity index (χ1n) is 5.57. The summed E-state index contributed by atoms with van der Waals surface area (Å²) in [6, 6.07) is 6.37. The Balaban J connectivity index is 2.04. The first-order chi connectivity index (χ1) is 7.77. The Labute approximate surface area is 103 Å². The van der Waals surface area contributed by atoms with E-state index in [9.17, 15) is 4.79 Å². The molecule has 2 aliphatic rings. The Bertz CT molecular complexity index is 441. The summed E-state index contributed by atoms with van der Waals surface area (Å²) in [5.41, 5.74) is 2.23. The summed E-state index contributed by atoms with van der Waals surface area (Å²) in [4.78, 5) is 14.0. The molecule has 3 nitrogen and oxygen atoms in total. The van der Waals surface area contributed by atoms with Gasteiger partial charge in [0.15, 0.2) is 0 Å². The molecule has 0 aromatic heterocycles. The van der Waals surface area contributed by atoms with Crippen LogP contribution in [-0.2, 0) is 11.2 Å². The van der Waals surface area contributed by atoms with Crippen LogP contribution in [0.25, 0.3) is 0 Å². The fourth-order valence-electron chi connectivity index (χ4n) is 2.59. The molecule has 3 rings (SSSR count). The van der Waals surface area contributed by atoms with Gasteiger partial charge in [-0.2, -0.15) is 0 Å². The van der Waals surface area contributed by atoms with Crippen LogP contribution in [0.1, 0.15) is 12.0 Å². The van der Waals surface area contributed by atoms with Crippen molar-refractivity contribution in [3.8, 4) is 0 Å². The molecule has 1 atom stereocenters. The number of amides is 1. The van der Waals surface area contributed by atoms with Crippen molar-refractivity contribution in [2.75, 3.05) is 18.0 Å². The number of para-hydroxylation sites is 1. The minimum atomic E-state index is 0.232. The summed E-state index contributed by atoms with van der Waals surface area (Å²) < 4.78 is 1.03. The van der Waals surface area contributed by atoms with Crippen molar-refractivity contribution < 1.29 is 4.79 Å². The van der Waals surface area contributed by atoms with Crippen LogP contribution >= 0.6 is 15.9 Å². The predicted molar refractivity (Wildman–Crippen MR) is 66.6 cm³/mol. The number of halogens is 1. The third-order valence-corrected chi connectivity index (χ3v) is 3.96. The normalized spacial score (nSPS) is 23.9. The van der Waals surface area contributed by atoms with E-state index < -0.39 is 0 Å². The number of hydrogen-bond acceptors (Lipinski definition) is 2. The third-order valence-electron chi connectivity index (χ3n) is 3.32. The zero-order chi connectivity index (χ0) is 11.1. The number of carbonyl (C=O) groups is 1. The second kappa shape index (κ2) is 3.86. The summed E-state index contributed by atoms with van der Waals surface area (Å²) in [7, 11) is 0. The average molecular weight is 281 g/mol. The minimum Gasteiger partial charge on any atom is -0.315 e. The van der Waals surface area contributed by atoms with Gasteiger partial charge in [0.2, 0.25) is 5.91 Å². The van der Waals surface area contributed by atoms with Crippen molar-refractivity contribution in [2.24, 2.45) is 0 Å². The highest BCUT2D eigenvalue weighted by molar-refractivity contribution is 9.10. The molecule has 1 aromatic rings. The summed E-state index contributed by atoms with van der Waals surface area (Å²) >= 11 is 3.55. The van der Waals surface area contributed by atoms with E-state index in [4.69, 9.17) is 0 Å². The highest BCUT2D eigenvalue weighted by atomic mass is 79.9. The zero-order valence-corrected chi connectivity index (χ0v) is 10.5. The lowest BCUT2D eigenvalue weighted by Gasteiger charge is -2.25. The van der Waals surface area contributed by atoms with Crippen LogP contribution in [0, 0.1) is 0 Å². The highest BCUT2D eigenvalue weighted by Crippen LogP contribution is 2.37. The number of benzene rings is 1. The molecule has 0 spiro atoms. The molecule has 0 radical (unpaired) electrons. The van der Waals surface area contributed by atoms with Crippen LogP contribution in [-0.4, -0.2) is 25.0 Å². The number of nitrogens with zero attached hydrogens (tertiary/aromatic N) is 1. The van der Waals surface area contributed by atoms with Crippen molar-refractivity contribution in [1.82, 2.24) is 5.32 Å². The molecule has 84 valence electrons. The molecular formula is C12H13BrN2O. The second-order valence-electron chi connectivity index (χ2n) is 4.33. The average Bonchev–Trinajstić information content (AvgIpc) is 2.84. The predicted octanol–water partition coefficient (Wildman–Crippen LogP) is 1.70. The molecule has 1 N–H and O–H groups in total. The van der Waals surface area contributed by atoms with Crippen molar-refractivity contribution in [2.45, 2.75) is 18.9 Å². The largest absolute Gasteiger partial charge is 0.315 e. The smallest absolute Gasteiger partial charge is 0.231 e. The lowest BCUT2D eigenvalue weighted by molar-refractivity contribution is -0.117. The Morgan fingerprint density at radius 2 is 2.31 bits per heavy atom. The van der Waals surface area contributed by atoms with E-state index in [0.717, 1.165) is 35.2 Å². The summed E-state index contributed by atoms with van der Waals surface area (Å²) in [6.45, 7) is 1.92. The number of anilines is 1. The molecule has 0 aliphatic carbocycles. The van der Waals surface area contributed by atoms with Gasteiger partial charge in [0.05, 0.1) is 18.2 Å². The van der Waals surface area contributed by atoms with E-state index >= 15 is 0 Å². The van der Waals surface area contributed by atoms with Crippen LogP contribution in [0.15, 0.2) is 22.7 Å². The quantitative estimate of drug-likeness (QED) is 0.849. The SMILES string of the molecule is O=C1Cc2cccc(Br)c2N1C1CCNC1. The van der Waals surface area contributed by atoms with Crippen LogP contribution in [0.2, 0.25) is 0 Å². The van der Waals surface area contributed by atoms with Gasteiger partial charge in [-0.25, -0.2) is 0 Å². The minimum absolute atomic E-state index is 0.232. The molecule has 4 heteroatoms. The van der Waals surface area contributed by atoms with Gasteiger partial charge in [-0.05, 0) is 40.5 Å². The van der Waals surface area contributed by atoms with Gasteiger partial charge in [-0.1, -0.05) is 12.1 Å². The van der Waals surface area contributed by atoms with E-state index in [1.807, 2.05) is 23.1 Å². The zero-order valence-electron chi connectivity index (χ0n) is 8.87. The number of rotatable bonds is 1. The van der Waals surface area contributed by atoms with E-state index in [1.165, 1.54) is 0 Å². The molecule has 1 aromatic carbocycles. The van der Waals surface area contributed by atoms with Crippen molar-refractivity contribution in [3.05, 3.63) is 28.2 Å². The summed E-state index contributed by atoms with van der Waals surface area (Å²) in [6.07, 6.45) is 1.60. The van der Waals surface area contributed by atoms with Gasteiger partial charge in [0, 0.05) is 11.0 Å².